The Morgan fingerprint density at radius 1 is 1.23 bits per heavy atom. The highest BCUT2D eigenvalue weighted by atomic mass is 79.9. The van der Waals surface area contributed by atoms with Gasteiger partial charge in [0.25, 0.3) is 5.91 Å². The minimum Gasteiger partial charge on any atom is -0.497 e. The smallest absolute Gasteiger partial charge is 0.253 e. The Hall–Kier alpha value is -1.81. The molecule has 0 aromatic heterocycles. The lowest BCUT2D eigenvalue weighted by Crippen LogP contribution is -2.30. The highest BCUT2D eigenvalue weighted by Gasteiger charge is 2.33. The quantitative estimate of drug-likeness (QED) is 0.862. The number of hydrogen-bond donors (Lipinski definition) is 1. The Labute approximate surface area is 138 Å². The van der Waals surface area contributed by atoms with Gasteiger partial charge < -0.3 is 10.1 Å². The van der Waals surface area contributed by atoms with Gasteiger partial charge in [0.1, 0.15) is 5.75 Å². The standard InChI is InChI=1S/C18H18BrNO2/c1-22-14-9-10-16(19)15(11-14)18(21)20-17(13-7-8-13)12-5-3-2-4-6-12/h2-6,9-11,13,17H,7-8H2,1H3,(H,20,21)/t17-/m1/s1. The monoisotopic (exact) mass is 359 g/mol. The van der Waals surface area contributed by atoms with Crippen molar-refractivity contribution in [2.75, 3.05) is 7.11 Å². The van der Waals surface area contributed by atoms with Gasteiger partial charge in [-0.1, -0.05) is 30.3 Å². The fourth-order valence-electron chi connectivity index (χ4n) is 2.59. The first-order chi connectivity index (χ1) is 10.7. The molecule has 3 rings (SSSR count). The maximum atomic E-state index is 12.7. The summed E-state index contributed by atoms with van der Waals surface area (Å²) in [6, 6.07) is 15.7. The molecule has 0 unspecified atom stereocenters. The lowest BCUT2D eigenvalue weighted by atomic mass is 10.0. The van der Waals surface area contributed by atoms with E-state index in [0.717, 1.165) is 10.0 Å². The summed E-state index contributed by atoms with van der Waals surface area (Å²) in [4.78, 5) is 12.7. The van der Waals surface area contributed by atoms with Crippen molar-refractivity contribution in [3.05, 3.63) is 64.1 Å². The summed E-state index contributed by atoms with van der Waals surface area (Å²) in [5.74, 6) is 1.14. The molecule has 2 aromatic rings. The summed E-state index contributed by atoms with van der Waals surface area (Å²) >= 11 is 3.44. The maximum Gasteiger partial charge on any atom is 0.253 e. The molecule has 2 aromatic carbocycles. The minimum absolute atomic E-state index is 0.0757. The number of ether oxygens (including phenoxy) is 1. The third kappa shape index (κ3) is 3.33. The molecule has 1 amide bonds. The number of amides is 1. The SMILES string of the molecule is COc1ccc(Br)c(C(=O)N[C@H](c2ccccc2)C2CC2)c1. The predicted octanol–water partition coefficient (Wildman–Crippen LogP) is 4.34. The van der Waals surface area contributed by atoms with E-state index in [2.05, 4.69) is 33.4 Å². The van der Waals surface area contributed by atoms with Crippen molar-refractivity contribution in [2.45, 2.75) is 18.9 Å². The molecule has 1 aliphatic rings. The Morgan fingerprint density at radius 2 is 1.95 bits per heavy atom. The number of carbonyl (C=O) groups is 1. The van der Waals surface area contributed by atoms with E-state index in [-0.39, 0.29) is 11.9 Å². The van der Waals surface area contributed by atoms with Gasteiger partial charge in [-0.2, -0.15) is 0 Å². The van der Waals surface area contributed by atoms with E-state index in [9.17, 15) is 4.79 Å². The maximum absolute atomic E-state index is 12.7. The molecule has 1 aliphatic carbocycles. The first kappa shape index (κ1) is 15.1. The Bertz CT molecular complexity index is 668. The predicted molar refractivity (Wildman–Crippen MR) is 90.1 cm³/mol. The van der Waals surface area contributed by atoms with E-state index in [0.29, 0.717) is 17.2 Å². The highest BCUT2D eigenvalue weighted by Crippen LogP contribution is 2.41. The first-order valence-electron chi connectivity index (χ1n) is 7.38. The van der Waals surface area contributed by atoms with Crippen LogP contribution in [0.5, 0.6) is 5.75 Å². The van der Waals surface area contributed by atoms with Gasteiger partial charge in [0.2, 0.25) is 0 Å². The molecular formula is C18H18BrNO2. The molecule has 1 fully saturated rings. The van der Waals surface area contributed by atoms with E-state index >= 15 is 0 Å². The van der Waals surface area contributed by atoms with E-state index in [4.69, 9.17) is 4.74 Å². The number of rotatable bonds is 5. The van der Waals surface area contributed by atoms with Gasteiger partial charge in [-0.3, -0.25) is 4.79 Å². The van der Waals surface area contributed by atoms with Crippen molar-refractivity contribution in [3.8, 4) is 5.75 Å². The zero-order chi connectivity index (χ0) is 15.5. The Balaban J connectivity index is 1.83. The average Bonchev–Trinajstić information content (AvgIpc) is 3.38. The summed E-state index contributed by atoms with van der Waals surface area (Å²) in [7, 11) is 1.60. The van der Waals surface area contributed by atoms with Gasteiger partial charge in [0.05, 0.1) is 18.7 Å². The zero-order valence-corrected chi connectivity index (χ0v) is 14.0. The molecule has 1 atom stereocenters. The molecule has 0 saturated heterocycles. The van der Waals surface area contributed by atoms with Gasteiger partial charge in [-0.25, -0.2) is 0 Å². The molecule has 0 radical (unpaired) electrons. The Morgan fingerprint density at radius 3 is 2.59 bits per heavy atom. The number of methoxy groups -OCH3 is 1. The lowest BCUT2D eigenvalue weighted by molar-refractivity contribution is 0.0930. The van der Waals surface area contributed by atoms with Crippen LogP contribution in [0.4, 0.5) is 0 Å². The zero-order valence-electron chi connectivity index (χ0n) is 12.4. The number of hydrogen-bond acceptors (Lipinski definition) is 2. The molecule has 114 valence electrons. The summed E-state index contributed by atoms with van der Waals surface area (Å²) < 4.78 is 5.98. The van der Waals surface area contributed by atoms with Crippen molar-refractivity contribution in [1.29, 1.82) is 0 Å². The summed E-state index contributed by atoms with van der Waals surface area (Å²) in [5, 5.41) is 3.18. The summed E-state index contributed by atoms with van der Waals surface area (Å²) in [6.45, 7) is 0. The van der Waals surface area contributed by atoms with Crippen molar-refractivity contribution in [1.82, 2.24) is 5.32 Å². The van der Waals surface area contributed by atoms with Crippen molar-refractivity contribution < 1.29 is 9.53 Å². The van der Waals surface area contributed by atoms with Crippen molar-refractivity contribution in [2.24, 2.45) is 5.92 Å². The molecule has 1 N–H and O–H groups in total. The number of benzene rings is 2. The summed E-state index contributed by atoms with van der Waals surface area (Å²) in [6.07, 6.45) is 2.33. The van der Waals surface area contributed by atoms with E-state index in [1.807, 2.05) is 30.3 Å². The fraction of sp³-hybridized carbons (Fsp3) is 0.278. The van der Waals surface area contributed by atoms with Crippen LogP contribution in [-0.2, 0) is 0 Å². The second kappa shape index (κ2) is 6.53. The largest absolute Gasteiger partial charge is 0.497 e. The van der Waals surface area contributed by atoms with E-state index in [1.54, 1.807) is 13.2 Å². The van der Waals surface area contributed by atoms with Gasteiger partial charge in [-0.05, 0) is 58.5 Å². The third-order valence-electron chi connectivity index (χ3n) is 3.96. The molecule has 0 heterocycles. The van der Waals surface area contributed by atoms with Crippen LogP contribution in [-0.4, -0.2) is 13.0 Å². The van der Waals surface area contributed by atoms with Crippen LogP contribution in [0.15, 0.2) is 53.0 Å². The van der Waals surface area contributed by atoms with E-state index in [1.165, 1.54) is 12.8 Å². The van der Waals surface area contributed by atoms with Gasteiger partial charge in [-0.15, -0.1) is 0 Å². The van der Waals surface area contributed by atoms with Gasteiger partial charge in [0.15, 0.2) is 0 Å². The van der Waals surface area contributed by atoms with Crippen molar-refractivity contribution in [3.63, 3.8) is 0 Å². The Kier molecular flexibility index (Phi) is 4.48. The molecular weight excluding hydrogens is 342 g/mol. The normalized spacial score (nSPS) is 15.2. The van der Waals surface area contributed by atoms with Crippen LogP contribution in [0.1, 0.15) is 34.8 Å². The fourth-order valence-corrected chi connectivity index (χ4v) is 3.01. The van der Waals surface area contributed by atoms with Crippen LogP contribution in [0, 0.1) is 5.92 Å². The van der Waals surface area contributed by atoms with Crippen LogP contribution in [0.3, 0.4) is 0 Å². The number of nitrogens with one attached hydrogen (secondary N) is 1. The molecule has 0 spiro atoms. The van der Waals surface area contributed by atoms with Crippen LogP contribution in [0.25, 0.3) is 0 Å². The van der Waals surface area contributed by atoms with Crippen molar-refractivity contribution >= 4 is 21.8 Å². The molecule has 0 aliphatic heterocycles. The molecule has 3 nitrogen and oxygen atoms in total. The second-order valence-corrected chi connectivity index (χ2v) is 6.40. The van der Waals surface area contributed by atoms with Gasteiger partial charge >= 0.3 is 0 Å². The molecule has 1 saturated carbocycles. The number of halogens is 1. The highest BCUT2D eigenvalue weighted by molar-refractivity contribution is 9.10. The first-order valence-corrected chi connectivity index (χ1v) is 8.17. The molecule has 4 heteroatoms. The molecule has 22 heavy (non-hydrogen) atoms. The number of carbonyl (C=O) groups excluding carboxylic acids is 1. The molecule has 0 bridgehead atoms. The van der Waals surface area contributed by atoms with Crippen LogP contribution < -0.4 is 10.1 Å². The summed E-state index contributed by atoms with van der Waals surface area (Å²) in [5.41, 5.74) is 1.76. The minimum atomic E-state index is -0.0773. The average molecular weight is 360 g/mol. The topological polar surface area (TPSA) is 38.3 Å². The lowest BCUT2D eigenvalue weighted by Gasteiger charge is -2.19. The van der Waals surface area contributed by atoms with E-state index < -0.39 is 0 Å². The van der Waals surface area contributed by atoms with Crippen LogP contribution in [0.2, 0.25) is 0 Å². The van der Waals surface area contributed by atoms with Crippen LogP contribution >= 0.6 is 15.9 Å². The second-order valence-electron chi connectivity index (χ2n) is 5.55. The van der Waals surface area contributed by atoms with Gasteiger partial charge in [0, 0.05) is 4.47 Å². The third-order valence-corrected chi connectivity index (χ3v) is 4.65.